The molecule has 0 bridgehead atoms. The number of hydrogen-bond acceptors (Lipinski definition) is 4. The van der Waals surface area contributed by atoms with Crippen LogP contribution in [0.25, 0.3) is 0 Å². The molecule has 0 atom stereocenters. The van der Waals surface area contributed by atoms with Gasteiger partial charge in [-0.1, -0.05) is 12.1 Å². The van der Waals surface area contributed by atoms with Crippen LogP contribution in [0.5, 0.6) is 0 Å². The van der Waals surface area contributed by atoms with Crippen LogP contribution in [0.4, 0.5) is 4.39 Å². The van der Waals surface area contributed by atoms with Gasteiger partial charge in [-0.05, 0) is 32.5 Å². The molecular weight excluding hydrogens is 258 g/mol. The molecule has 1 aromatic carbocycles. The van der Waals surface area contributed by atoms with E-state index in [0.29, 0.717) is 6.54 Å². The first-order valence-corrected chi connectivity index (χ1v) is 6.87. The number of likely N-dealkylation sites (N-methyl/N-ethyl adjacent to an activating group) is 1. The van der Waals surface area contributed by atoms with Gasteiger partial charge in [0.1, 0.15) is 5.82 Å². The molecule has 2 rings (SSSR count). The maximum Gasteiger partial charge on any atom is 0.491 e. The monoisotopic (exact) mass is 280 g/mol. The second-order valence-electron chi connectivity index (χ2n) is 6.17. The van der Waals surface area contributed by atoms with Gasteiger partial charge >= 0.3 is 7.12 Å². The van der Waals surface area contributed by atoms with Crippen molar-refractivity contribution < 1.29 is 14.4 Å². The van der Waals surface area contributed by atoms with Crippen molar-refractivity contribution in [2.24, 2.45) is 0 Å². The standard InChI is InChI=1S/C14H22BFN2O2/c1-14(2)10-18(7-6-17(14)3)9-11-4-5-13(16)12(8-11)15(19)20/h4-5,8,19-20H,6-7,9-10H2,1-3H3. The van der Waals surface area contributed by atoms with E-state index in [9.17, 15) is 4.39 Å². The summed E-state index contributed by atoms with van der Waals surface area (Å²) < 4.78 is 13.4. The quantitative estimate of drug-likeness (QED) is 0.767. The largest absolute Gasteiger partial charge is 0.491 e. The van der Waals surface area contributed by atoms with Gasteiger partial charge in [-0.25, -0.2) is 4.39 Å². The predicted molar refractivity (Wildman–Crippen MR) is 78.2 cm³/mol. The molecule has 0 spiro atoms. The van der Waals surface area contributed by atoms with Crippen molar-refractivity contribution in [3.05, 3.63) is 29.6 Å². The first kappa shape index (κ1) is 15.4. The van der Waals surface area contributed by atoms with Crippen LogP contribution in [0.15, 0.2) is 18.2 Å². The highest BCUT2D eigenvalue weighted by Crippen LogP contribution is 2.20. The second-order valence-corrected chi connectivity index (χ2v) is 6.17. The second kappa shape index (κ2) is 5.81. The van der Waals surface area contributed by atoms with Crippen molar-refractivity contribution >= 4 is 12.6 Å². The Balaban J connectivity index is 2.09. The molecule has 0 saturated carbocycles. The van der Waals surface area contributed by atoms with Crippen molar-refractivity contribution in [1.29, 1.82) is 0 Å². The number of nitrogens with zero attached hydrogens (tertiary/aromatic N) is 2. The van der Waals surface area contributed by atoms with Crippen LogP contribution in [-0.2, 0) is 6.54 Å². The SMILES string of the molecule is CN1CCN(Cc2ccc(F)c(B(O)O)c2)CC1(C)C. The zero-order chi connectivity index (χ0) is 14.9. The van der Waals surface area contributed by atoms with Gasteiger partial charge in [-0.15, -0.1) is 0 Å². The minimum Gasteiger partial charge on any atom is -0.423 e. The van der Waals surface area contributed by atoms with Crippen LogP contribution in [-0.4, -0.2) is 59.2 Å². The first-order chi connectivity index (χ1) is 9.29. The van der Waals surface area contributed by atoms with Crippen LogP contribution in [0, 0.1) is 5.82 Å². The summed E-state index contributed by atoms with van der Waals surface area (Å²) in [6.45, 7) is 7.96. The molecule has 1 aliphatic rings. The highest BCUT2D eigenvalue weighted by molar-refractivity contribution is 6.58. The summed E-state index contributed by atoms with van der Waals surface area (Å²) in [6.07, 6.45) is 0. The lowest BCUT2D eigenvalue weighted by atomic mass is 9.79. The molecule has 1 heterocycles. The van der Waals surface area contributed by atoms with E-state index in [1.807, 2.05) is 0 Å². The highest BCUT2D eigenvalue weighted by Gasteiger charge is 2.31. The van der Waals surface area contributed by atoms with Crippen LogP contribution < -0.4 is 5.46 Å². The van der Waals surface area contributed by atoms with Crippen LogP contribution in [0.2, 0.25) is 0 Å². The Morgan fingerprint density at radius 3 is 2.60 bits per heavy atom. The molecule has 1 saturated heterocycles. The van der Waals surface area contributed by atoms with Crippen LogP contribution >= 0.6 is 0 Å². The number of hydrogen-bond donors (Lipinski definition) is 2. The molecule has 1 aliphatic heterocycles. The van der Waals surface area contributed by atoms with Gasteiger partial charge in [0.15, 0.2) is 0 Å². The van der Waals surface area contributed by atoms with E-state index in [2.05, 4.69) is 30.7 Å². The van der Waals surface area contributed by atoms with Gasteiger partial charge in [0.2, 0.25) is 0 Å². The van der Waals surface area contributed by atoms with E-state index in [-0.39, 0.29) is 11.0 Å². The molecule has 20 heavy (non-hydrogen) atoms. The van der Waals surface area contributed by atoms with E-state index in [4.69, 9.17) is 10.0 Å². The topological polar surface area (TPSA) is 46.9 Å². The maximum absolute atomic E-state index is 13.4. The fourth-order valence-corrected chi connectivity index (χ4v) is 2.62. The third-order valence-corrected chi connectivity index (χ3v) is 4.14. The van der Waals surface area contributed by atoms with Crippen molar-refractivity contribution in [3.63, 3.8) is 0 Å². The van der Waals surface area contributed by atoms with E-state index in [1.165, 1.54) is 12.1 Å². The average molecular weight is 280 g/mol. The molecule has 0 amide bonds. The van der Waals surface area contributed by atoms with Crippen molar-refractivity contribution in [2.45, 2.75) is 25.9 Å². The minimum atomic E-state index is -1.76. The Bertz CT molecular complexity index is 482. The fourth-order valence-electron chi connectivity index (χ4n) is 2.62. The first-order valence-electron chi connectivity index (χ1n) is 6.87. The lowest BCUT2D eigenvalue weighted by Gasteiger charge is -2.45. The Kier molecular flexibility index (Phi) is 4.49. The average Bonchev–Trinajstić information content (AvgIpc) is 2.35. The summed E-state index contributed by atoms with van der Waals surface area (Å²) in [5, 5.41) is 18.3. The van der Waals surface area contributed by atoms with E-state index in [0.717, 1.165) is 25.2 Å². The van der Waals surface area contributed by atoms with Gasteiger partial charge in [0.05, 0.1) is 0 Å². The molecule has 1 fully saturated rings. The van der Waals surface area contributed by atoms with Gasteiger partial charge in [-0.3, -0.25) is 9.80 Å². The molecule has 0 unspecified atom stereocenters. The third-order valence-electron chi connectivity index (χ3n) is 4.14. The number of benzene rings is 1. The molecule has 0 radical (unpaired) electrons. The zero-order valence-electron chi connectivity index (χ0n) is 12.3. The fraction of sp³-hybridized carbons (Fsp3) is 0.571. The number of piperazine rings is 1. The van der Waals surface area contributed by atoms with Crippen molar-refractivity contribution in [1.82, 2.24) is 9.80 Å². The smallest absolute Gasteiger partial charge is 0.423 e. The lowest BCUT2D eigenvalue weighted by molar-refractivity contribution is 0.0360. The molecule has 110 valence electrons. The van der Waals surface area contributed by atoms with E-state index in [1.54, 1.807) is 6.07 Å². The normalized spacial score (nSPS) is 20.1. The summed E-state index contributed by atoms with van der Waals surface area (Å²) in [5.41, 5.74) is 0.947. The van der Waals surface area contributed by atoms with E-state index < -0.39 is 12.9 Å². The van der Waals surface area contributed by atoms with Gasteiger partial charge in [0, 0.05) is 37.2 Å². The van der Waals surface area contributed by atoms with Crippen LogP contribution in [0.3, 0.4) is 0 Å². The molecule has 0 aromatic heterocycles. The van der Waals surface area contributed by atoms with Crippen LogP contribution in [0.1, 0.15) is 19.4 Å². The Hall–Kier alpha value is -0.945. The summed E-state index contributed by atoms with van der Waals surface area (Å²) in [5.74, 6) is -0.581. The Labute approximate surface area is 120 Å². The summed E-state index contributed by atoms with van der Waals surface area (Å²) in [6, 6.07) is 4.53. The third kappa shape index (κ3) is 3.38. The summed E-state index contributed by atoms with van der Waals surface area (Å²) >= 11 is 0. The van der Waals surface area contributed by atoms with Crippen molar-refractivity contribution in [3.8, 4) is 0 Å². The molecule has 1 aromatic rings. The number of rotatable bonds is 3. The molecule has 2 N–H and O–H groups in total. The Morgan fingerprint density at radius 2 is 2.00 bits per heavy atom. The summed E-state index contributed by atoms with van der Waals surface area (Å²) in [4.78, 5) is 4.64. The van der Waals surface area contributed by atoms with E-state index >= 15 is 0 Å². The molecular formula is C14H22BFN2O2. The van der Waals surface area contributed by atoms with Crippen molar-refractivity contribution in [2.75, 3.05) is 26.7 Å². The highest BCUT2D eigenvalue weighted by atomic mass is 19.1. The van der Waals surface area contributed by atoms with Gasteiger partial charge in [0.25, 0.3) is 0 Å². The summed E-state index contributed by atoms with van der Waals surface area (Å²) in [7, 11) is 0.356. The molecule has 4 nitrogen and oxygen atoms in total. The van der Waals surface area contributed by atoms with Gasteiger partial charge < -0.3 is 10.0 Å². The lowest BCUT2D eigenvalue weighted by Crippen LogP contribution is -2.57. The predicted octanol–water partition coefficient (Wildman–Crippen LogP) is 0.0315. The Morgan fingerprint density at radius 1 is 1.30 bits per heavy atom. The zero-order valence-corrected chi connectivity index (χ0v) is 12.3. The minimum absolute atomic E-state index is 0.0594. The van der Waals surface area contributed by atoms with Gasteiger partial charge in [-0.2, -0.15) is 0 Å². The maximum atomic E-state index is 13.4. The molecule has 6 heteroatoms. The molecule has 0 aliphatic carbocycles. The number of halogens is 1.